The van der Waals surface area contributed by atoms with Crippen LogP contribution < -0.4 is 10.1 Å². The standard InChI is InChI=1S/C23H28N2O/c1-26-20-11-8-9-18(15-20)17-24-22-23(13-6-2-3-7-14-23)16-19-10-4-5-12-21(19)25-22/h4-5,8-12,15H,2-3,6-7,13-14,16-17H2,1H3,(H,24,25). The number of nitrogens with zero attached hydrogens (tertiary/aromatic N) is 1. The molecule has 3 heteroatoms. The lowest BCUT2D eigenvalue weighted by molar-refractivity contribution is 0.354. The fourth-order valence-corrected chi connectivity index (χ4v) is 4.47. The minimum atomic E-state index is 0.184. The number of hydrogen-bond acceptors (Lipinski definition) is 2. The number of anilines is 1. The minimum absolute atomic E-state index is 0.184. The second-order valence-electron chi connectivity index (χ2n) is 7.67. The highest BCUT2D eigenvalue weighted by atomic mass is 16.5. The molecule has 0 amide bonds. The predicted octanol–water partition coefficient (Wildman–Crippen LogP) is 5.60. The van der Waals surface area contributed by atoms with Gasteiger partial charge in [-0.3, -0.25) is 4.99 Å². The van der Waals surface area contributed by atoms with Crippen LogP contribution in [0.15, 0.2) is 53.5 Å². The van der Waals surface area contributed by atoms with Crippen LogP contribution in [0, 0.1) is 5.41 Å². The van der Waals surface area contributed by atoms with E-state index >= 15 is 0 Å². The number of methoxy groups -OCH3 is 1. The van der Waals surface area contributed by atoms with Crippen LogP contribution in [0.5, 0.6) is 5.75 Å². The first-order valence-corrected chi connectivity index (χ1v) is 9.82. The molecule has 1 spiro atoms. The summed E-state index contributed by atoms with van der Waals surface area (Å²) in [6.45, 7) is 0.698. The van der Waals surface area contributed by atoms with Gasteiger partial charge in [0.05, 0.1) is 13.7 Å². The van der Waals surface area contributed by atoms with Gasteiger partial charge in [0.25, 0.3) is 0 Å². The topological polar surface area (TPSA) is 33.6 Å². The third kappa shape index (κ3) is 3.48. The maximum Gasteiger partial charge on any atom is 0.119 e. The number of para-hydroxylation sites is 1. The monoisotopic (exact) mass is 348 g/mol. The van der Waals surface area contributed by atoms with Crippen molar-refractivity contribution in [3.8, 4) is 5.75 Å². The molecular weight excluding hydrogens is 320 g/mol. The van der Waals surface area contributed by atoms with Crippen LogP contribution in [0.2, 0.25) is 0 Å². The zero-order valence-electron chi connectivity index (χ0n) is 15.6. The van der Waals surface area contributed by atoms with Crippen LogP contribution in [0.4, 0.5) is 5.69 Å². The van der Waals surface area contributed by atoms with Gasteiger partial charge in [0.15, 0.2) is 0 Å². The summed E-state index contributed by atoms with van der Waals surface area (Å²) in [6, 6.07) is 17.0. The van der Waals surface area contributed by atoms with Crippen molar-refractivity contribution in [1.82, 2.24) is 0 Å². The summed E-state index contributed by atoms with van der Waals surface area (Å²) in [5.41, 5.74) is 4.05. The Bertz CT molecular complexity index is 788. The van der Waals surface area contributed by atoms with Crippen molar-refractivity contribution < 1.29 is 4.74 Å². The maximum absolute atomic E-state index is 5.36. The Labute approximate surface area is 156 Å². The third-order valence-corrected chi connectivity index (χ3v) is 5.92. The zero-order valence-corrected chi connectivity index (χ0v) is 15.6. The van der Waals surface area contributed by atoms with Crippen molar-refractivity contribution in [3.05, 3.63) is 59.7 Å². The van der Waals surface area contributed by atoms with Crippen LogP contribution in [-0.2, 0) is 13.0 Å². The smallest absolute Gasteiger partial charge is 0.119 e. The summed E-state index contributed by atoms with van der Waals surface area (Å²) < 4.78 is 5.36. The number of fused-ring (bicyclic) bond motifs is 1. The first-order chi connectivity index (χ1) is 12.8. The van der Waals surface area contributed by atoms with E-state index in [2.05, 4.69) is 41.7 Å². The molecule has 2 aromatic rings. The van der Waals surface area contributed by atoms with E-state index in [1.54, 1.807) is 7.11 Å². The molecule has 0 radical (unpaired) electrons. The summed E-state index contributed by atoms with van der Waals surface area (Å²) in [5.74, 6) is 2.09. The molecule has 1 heterocycles. The minimum Gasteiger partial charge on any atom is -0.497 e. The summed E-state index contributed by atoms with van der Waals surface area (Å²) in [7, 11) is 1.71. The highest BCUT2D eigenvalue weighted by Gasteiger charge is 2.40. The van der Waals surface area contributed by atoms with E-state index in [0.29, 0.717) is 6.54 Å². The lowest BCUT2D eigenvalue weighted by Crippen LogP contribution is -2.42. The van der Waals surface area contributed by atoms with Crippen molar-refractivity contribution in [2.24, 2.45) is 10.4 Å². The molecule has 1 aliphatic heterocycles. The molecule has 4 rings (SSSR count). The lowest BCUT2D eigenvalue weighted by Gasteiger charge is -2.39. The molecule has 0 unspecified atom stereocenters. The maximum atomic E-state index is 5.36. The molecule has 3 nitrogen and oxygen atoms in total. The summed E-state index contributed by atoms with van der Waals surface area (Å²) in [5, 5.41) is 3.70. The number of ether oxygens (including phenoxy) is 1. The molecule has 1 N–H and O–H groups in total. The van der Waals surface area contributed by atoms with Gasteiger partial charge in [0, 0.05) is 11.1 Å². The lowest BCUT2D eigenvalue weighted by atomic mass is 9.72. The van der Waals surface area contributed by atoms with Gasteiger partial charge in [-0.15, -0.1) is 0 Å². The van der Waals surface area contributed by atoms with Gasteiger partial charge in [-0.25, -0.2) is 0 Å². The Morgan fingerprint density at radius 3 is 2.62 bits per heavy atom. The summed E-state index contributed by atoms with van der Waals surface area (Å²) >= 11 is 0. The Morgan fingerprint density at radius 1 is 1.00 bits per heavy atom. The SMILES string of the molecule is COc1cccc(CN=C2Nc3ccccc3CC23CCCCCC3)c1. The number of rotatable bonds is 3. The zero-order chi connectivity index (χ0) is 17.8. The molecule has 2 aromatic carbocycles. The number of benzene rings is 2. The normalized spacial score (nSPS) is 20.3. The van der Waals surface area contributed by atoms with Crippen LogP contribution in [-0.4, -0.2) is 12.9 Å². The number of aliphatic imine (C=N–C) groups is 1. The highest BCUT2D eigenvalue weighted by Crippen LogP contribution is 2.44. The van der Waals surface area contributed by atoms with Gasteiger partial charge >= 0.3 is 0 Å². The first kappa shape index (κ1) is 17.1. The molecule has 136 valence electrons. The third-order valence-electron chi connectivity index (χ3n) is 5.92. The Hall–Kier alpha value is -2.29. The Balaban J connectivity index is 1.66. The van der Waals surface area contributed by atoms with Crippen molar-refractivity contribution >= 4 is 11.5 Å². The van der Waals surface area contributed by atoms with E-state index in [0.717, 1.165) is 12.2 Å². The molecule has 1 fully saturated rings. The van der Waals surface area contributed by atoms with Crippen molar-refractivity contribution in [2.45, 2.75) is 51.5 Å². The van der Waals surface area contributed by atoms with E-state index in [1.165, 1.54) is 61.2 Å². The van der Waals surface area contributed by atoms with Crippen LogP contribution in [0.3, 0.4) is 0 Å². The van der Waals surface area contributed by atoms with E-state index in [4.69, 9.17) is 9.73 Å². The summed E-state index contributed by atoms with van der Waals surface area (Å²) in [6.07, 6.45) is 8.92. The van der Waals surface area contributed by atoms with Gasteiger partial charge in [0.1, 0.15) is 11.6 Å². The fourth-order valence-electron chi connectivity index (χ4n) is 4.47. The molecular formula is C23H28N2O. The second-order valence-corrected chi connectivity index (χ2v) is 7.67. The molecule has 2 aliphatic rings. The second kappa shape index (κ2) is 7.53. The summed E-state index contributed by atoms with van der Waals surface area (Å²) in [4.78, 5) is 5.10. The molecule has 0 aromatic heterocycles. The van der Waals surface area contributed by atoms with Crippen molar-refractivity contribution in [1.29, 1.82) is 0 Å². The van der Waals surface area contributed by atoms with Crippen LogP contribution >= 0.6 is 0 Å². The van der Waals surface area contributed by atoms with Crippen molar-refractivity contribution in [3.63, 3.8) is 0 Å². The van der Waals surface area contributed by atoms with Gasteiger partial charge in [-0.2, -0.15) is 0 Å². The fraction of sp³-hybridized carbons (Fsp3) is 0.435. The number of amidine groups is 1. The van der Waals surface area contributed by atoms with Gasteiger partial charge in [-0.1, -0.05) is 56.0 Å². The Kier molecular flexibility index (Phi) is 4.96. The van der Waals surface area contributed by atoms with Gasteiger partial charge < -0.3 is 10.1 Å². The first-order valence-electron chi connectivity index (χ1n) is 9.82. The average Bonchev–Trinajstić information content (AvgIpc) is 2.92. The molecule has 0 bridgehead atoms. The quantitative estimate of drug-likeness (QED) is 0.783. The van der Waals surface area contributed by atoms with Crippen LogP contribution in [0.1, 0.15) is 49.7 Å². The molecule has 0 atom stereocenters. The van der Waals surface area contributed by atoms with E-state index in [9.17, 15) is 0 Å². The van der Waals surface area contributed by atoms with Crippen LogP contribution in [0.25, 0.3) is 0 Å². The molecule has 1 aliphatic carbocycles. The number of hydrogen-bond donors (Lipinski definition) is 1. The average molecular weight is 348 g/mol. The Morgan fingerprint density at radius 2 is 1.81 bits per heavy atom. The van der Waals surface area contributed by atoms with Gasteiger partial charge in [0.2, 0.25) is 0 Å². The molecule has 26 heavy (non-hydrogen) atoms. The predicted molar refractivity (Wildman–Crippen MR) is 108 cm³/mol. The number of nitrogens with one attached hydrogen (secondary N) is 1. The van der Waals surface area contributed by atoms with E-state index in [-0.39, 0.29) is 5.41 Å². The molecule has 1 saturated carbocycles. The molecule has 0 saturated heterocycles. The highest BCUT2D eigenvalue weighted by molar-refractivity contribution is 6.02. The van der Waals surface area contributed by atoms with Crippen molar-refractivity contribution in [2.75, 3.05) is 12.4 Å². The van der Waals surface area contributed by atoms with E-state index < -0.39 is 0 Å². The van der Waals surface area contributed by atoms with E-state index in [1.807, 2.05) is 12.1 Å². The van der Waals surface area contributed by atoms with Gasteiger partial charge in [-0.05, 0) is 48.6 Å². The largest absolute Gasteiger partial charge is 0.497 e.